The molecule has 184 valence electrons. The topological polar surface area (TPSA) is 40.6 Å². The van der Waals surface area contributed by atoms with Gasteiger partial charge in [0.2, 0.25) is 5.91 Å². The Labute approximate surface area is 217 Å². The van der Waals surface area contributed by atoms with Crippen LogP contribution < -0.4 is 0 Å². The van der Waals surface area contributed by atoms with Crippen molar-refractivity contribution in [1.82, 2.24) is 9.80 Å². The SMILES string of the molecule is O=C(CN(C(=O)c1ccc2ccccc2c1)C1CCCCC1)N(Cc1ccccc1)Cc1cccs1. The molecular weight excluding hydrogens is 464 g/mol. The molecule has 0 aliphatic heterocycles. The molecule has 0 bridgehead atoms. The van der Waals surface area contributed by atoms with Gasteiger partial charge in [-0.2, -0.15) is 0 Å². The summed E-state index contributed by atoms with van der Waals surface area (Å²) >= 11 is 1.66. The van der Waals surface area contributed by atoms with Crippen LogP contribution in [0.5, 0.6) is 0 Å². The zero-order valence-corrected chi connectivity index (χ0v) is 21.3. The lowest BCUT2D eigenvalue weighted by Crippen LogP contribution is -2.48. The number of benzene rings is 3. The van der Waals surface area contributed by atoms with E-state index in [1.807, 2.05) is 88.0 Å². The van der Waals surface area contributed by atoms with Crippen LogP contribution in [0.25, 0.3) is 10.8 Å². The van der Waals surface area contributed by atoms with Gasteiger partial charge in [-0.3, -0.25) is 9.59 Å². The number of rotatable bonds is 8. The Bertz CT molecular complexity index is 1300. The third-order valence-electron chi connectivity index (χ3n) is 7.07. The second-order valence-corrected chi connectivity index (χ2v) is 10.6. The van der Waals surface area contributed by atoms with Gasteiger partial charge in [-0.05, 0) is 52.8 Å². The van der Waals surface area contributed by atoms with Crippen LogP contribution >= 0.6 is 11.3 Å². The van der Waals surface area contributed by atoms with Crippen molar-refractivity contribution in [2.24, 2.45) is 0 Å². The van der Waals surface area contributed by atoms with Gasteiger partial charge in [-0.25, -0.2) is 0 Å². The monoisotopic (exact) mass is 496 g/mol. The van der Waals surface area contributed by atoms with Gasteiger partial charge >= 0.3 is 0 Å². The molecule has 36 heavy (non-hydrogen) atoms. The van der Waals surface area contributed by atoms with E-state index in [1.54, 1.807) is 11.3 Å². The molecule has 3 aromatic carbocycles. The Hall–Kier alpha value is -3.44. The number of fused-ring (bicyclic) bond motifs is 1. The molecule has 0 N–H and O–H groups in total. The molecular formula is C31H32N2O2S. The standard InChI is InChI=1S/C31H32N2O2S/c34-30(32(22-29-16-9-19-36-29)21-24-10-3-1-4-11-24)23-33(28-14-5-2-6-15-28)31(35)27-18-17-25-12-7-8-13-26(25)20-27/h1,3-4,7-13,16-20,28H,2,5-6,14-15,21-23H2. The predicted molar refractivity (Wildman–Crippen MR) is 147 cm³/mol. The quantitative estimate of drug-likeness (QED) is 0.266. The summed E-state index contributed by atoms with van der Waals surface area (Å²) in [5.74, 6) is -0.0521. The first kappa shape index (κ1) is 24.3. The fourth-order valence-corrected chi connectivity index (χ4v) is 5.84. The van der Waals surface area contributed by atoms with Gasteiger partial charge in [-0.1, -0.05) is 86.0 Å². The average Bonchev–Trinajstić information content (AvgIpc) is 3.45. The van der Waals surface area contributed by atoms with Crippen LogP contribution in [-0.2, 0) is 17.9 Å². The summed E-state index contributed by atoms with van der Waals surface area (Å²) in [5.41, 5.74) is 1.74. The van der Waals surface area contributed by atoms with Crippen LogP contribution in [-0.4, -0.2) is 34.2 Å². The fraction of sp³-hybridized carbons (Fsp3) is 0.290. The second-order valence-electron chi connectivity index (χ2n) is 9.60. The highest BCUT2D eigenvalue weighted by Gasteiger charge is 2.30. The molecule has 4 aromatic rings. The van der Waals surface area contributed by atoms with Crippen molar-refractivity contribution in [3.05, 3.63) is 106 Å². The predicted octanol–water partition coefficient (Wildman–Crippen LogP) is 6.91. The van der Waals surface area contributed by atoms with Gasteiger partial charge in [0, 0.05) is 23.0 Å². The zero-order chi connectivity index (χ0) is 24.7. The first-order valence-corrected chi connectivity index (χ1v) is 13.7. The normalized spacial score (nSPS) is 14.0. The molecule has 0 spiro atoms. The van der Waals surface area contributed by atoms with Crippen molar-refractivity contribution in [1.29, 1.82) is 0 Å². The van der Waals surface area contributed by atoms with Gasteiger partial charge in [0.05, 0.1) is 6.54 Å². The molecule has 1 aliphatic rings. The van der Waals surface area contributed by atoms with E-state index in [4.69, 9.17) is 0 Å². The van der Waals surface area contributed by atoms with Crippen molar-refractivity contribution in [3.63, 3.8) is 0 Å². The minimum absolute atomic E-state index is 0.00744. The van der Waals surface area contributed by atoms with Crippen LogP contribution in [0.4, 0.5) is 0 Å². The highest BCUT2D eigenvalue weighted by Crippen LogP contribution is 2.26. The number of nitrogens with zero attached hydrogens (tertiary/aromatic N) is 2. The molecule has 4 nitrogen and oxygen atoms in total. The van der Waals surface area contributed by atoms with Crippen LogP contribution in [0.2, 0.25) is 0 Å². The molecule has 0 atom stereocenters. The van der Waals surface area contributed by atoms with Gasteiger partial charge in [-0.15, -0.1) is 11.3 Å². The lowest BCUT2D eigenvalue weighted by atomic mass is 9.93. The van der Waals surface area contributed by atoms with Gasteiger partial charge in [0.25, 0.3) is 5.91 Å². The van der Waals surface area contributed by atoms with E-state index in [9.17, 15) is 9.59 Å². The fourth-order valence-electron chi connectivity index (χ4n) is 5.12. The zero-order valence-electron chi connectivity index (χ0n) is 20.5. The Morgan fingerprint density at radius 2 is 1.53 bits per heavy atom. The molecule has 0 saturated heterocycles. The second kappa shape index (κ2) is 11.5. The van der Waals surface area contributed by atoms with Crippen molar-refractivity contribution < 1.29 is 9.59 Å². The maximum absolute atomic E-state index is 13.9. The Morgan fingerprint density at radius 1 is 0.778 bits per heavy atom. The summed E-state index contributed by atoms with van der Waals surface area (Å²) in [6.07, 6.45) is 5.31. The minimum Gasteiger partial charge on any atom is -0.332 e. The first-order chi connectivity index (χ1) is 17.7. The molecule has 5 heteroatoms. The summed E-state index contributed by atoms with van der Waals surface area (Å²) in [6.45, 7) is 1.18. The van der Waals surface area contributed by atoms with Crippen molar-refractivity contribution in [2.45, 2.75) is 51.2 Å². The number of amides is 2. The molecule has 1 aromatic heterocycles. The Balaban J connectivity index is 1.41. The van der Waals surface area contributed by atoms with Gasteiger partial charge in [0.1, 0.15) is 6.54 Å². The van der Waals surface area contributed by atoms with Crippen molar-refractivity contribution in [3.8, 4) is 0 Å². The molecule has 1 saturated carbocycles. The number of hydrogen-bond donors (Lipinski definition) is 0. The molecule has 5 rings (SSSR count). The minimum atomic E-state index is -0.0446. The molecule has 1 heterocycles. The van der Waals surface area contributed by atoms with Crippen molar-refractivity contribution in [2.75, 3.05) is 6.54 Å². The third kappa shape index (κ3) is 5.85. The lowest BCUT2D eigenvalue weighted by Gasteiger charge is -2.35. The van der Waals surface area contributed by atoms with Crippen LogP contribution in [0, 0.1) is 0 Å². The lowest BCUT2D eigenvalue weighted by molar-refractivity contribution is -0.133. The maximum Gasteiger partial charge on any atom is 0.254 e. The molecule has 0 unspecified atom stereocenters. The average molecular weight is 497 g/mol. The highest BCUT2D eigenvalue weighted by molar-refractivity contribution is 7.09. The number of hydrogen-bond acceptors (Lipinski definition) is 3. The number of carbonyl (C=O) groups excluding carboxylic acids is 2. The molecule has 1 fully saturated rings. The molecule has 2 amide bonds. The van der Waals surface area contributed by atoms with Crippen LogP contribution in [0.15, 0.2) is 90.3 Å². The van der Waals surface area contributed by atoms with E-state index in [1.165, 1.54) is 6.42 Å². The van der Waals surface area contributed by atoms with Crippen LogP contribution in [0.1, 0.15) is 52.9 Å². The largest absolute Gasteiger partial charge is 0.332 e. The third-order valence-corrected chi connectivity index (χ3v) is 7.94. The van der Waals surface area contributed by atoms with E-state index < -0.39 is 0 Å². The summed E-state index contributed by atoms with van der Waals surface area (Å²) in [5, 5.41) is 4.19. The van der Waals surface area contributed by atoms with E-state index in [0.29, 0.717) is 18.7 Å². The van der Waals surface area contributed by atoms with E-state index in [2.05, 4.69) is 12.1 Å². The molecule has 1 aliphatic carbocycles. The Morgan fingerprint density at radius 3 is 2.28 bits per heavy atom. The number of carbonyl (C=O) groups is 2. The van der Waals surface area contributed by atoms with Gasteiger partial charge in [0.15, 0.2) is 0 Å². The van der Waals surface area contributed by atoms with Crippen molar-refractivity contribution >= 4 is 33.9 Å². The van der Waals surface area contributed by atoms with E-state index >= 15 is 0 Å². The summed E-state index contributed by atoms with van der Waals surface area (Å²) in [6, 6.07) is 28.2. The molecule has 0 radical (unpaired) electrons. The van der Waals surface area contributed by atoms with E-state index in [0.717, 1.165) is 46.9 Å². The summed E-state index contributed by atoms with van der Waals surface area (Å²) in [4.78, 5) is 32.6. The van der Waals surface area contributed by atoms with E-state index in [-0.39, 0.29) is 24.4 Å². The number of thiophene rings is 1. The maximum atomic E-state index is 13.9. The smallest absolute Gasteiger partial charge is 0.254 e. The van der Waals surface area contributed by atoms with Gasteiger partial charge < -0.3 is 9.80 Å². The highest BCUT2D eigenvalue weighted by atomic mass is 32.1. The van der Waals surface area contributed by atoms with Crippen LogP contribution in [0.3, 0.4) is 0 Å². The summed E-state index contributed by atoms with van der Waals surface area (Å²) in [7, 11) is 0. The summed E-state index contributed by atoms with van der Waals surface area (Å²) < 4.78 is 0. The Kier molecular flexibility index (Phi) is 7.77. The first-order valence-electron chi connectivity index (χ1n) is 12.8.